The number of amides is 1. The SMILES string of the molecule is Cc1cc(N)ccc1OCC(=O)NC(C)c1ccco1. The Morgan fingerprint density at radius 3 is 2.90 bits per heavy atom. The van der Waals surface area contributed by atoms with Gasteiger partial charge in [-0.25, -0.2) is 0 Å². The summed E-state index contributed by atoms with van der Waals surface area (Å²) in [5.74, 6) is 1.16. The van der Waals surface area contributed by atoms with Gasteiger partial charge in [-0.1, -0.05) is 0 Å². The van der Waals surface area contributed by atoms with E-state index in [-0.39, 0.29) is 18.6 Å². The Kier molecular flexibility index (Phi) is 4.30. The van der Waals surface area contributed by atoms with Gasteiger partial charge in [-0.05, 0) is 49.7 Å². The molecule has 1 unspecified atom stereocenters. The van der Waals surface area contributed by atoms with Crippen LogP contribution in [0, 0.1) is 6.92 Å². The zero-order valence-electron chi connectivity index (χ0n) is 11.6. The Morgan fingerprint density at radius 1 is 1.45 bits per heavy atom. The zero-order valence-corrected chi connectivity index (χ0v) is 11.6. The van der Waals surface area contributed by atoms with Crippen molar-refractivity contribution in [2.24, 2.45) is 0 Å². The summed E-state index contributed by atoms with van der Waals surface area (Å²) in [6.45, 7) is 3.69. The smallest absolute Gasteiger partial charge is 0.258 e. The maximum atomic E-state index is 11.8. The van der Waals surface area contributed by atoms with E-state index in [1.807, 2.05) is 19.9 Å². The Morgan fingerprint density at radius 2 is 2.25 bits per heavy atom. The van der Waals surface area contributed by atoms with Crippen molar-refractivity contribution in [3.63, 3.8) is 0 Å². The van der Waals surface area contributed by atoms with E-state index in [2.05, 4.69) is 5.32 Å². The molecule has 0 aliphatic carbocycles. The normalized spacial score (nSPS) is 11.9. The second-order valence-corrected chi connectivity index (χ2v) is 4.62. The lowest BCUT2D eigenvalue weighted by atomic mass is 10.2. The first-order chi connectivity index (χ1) is 9.56. The molecular weight excluding hydrogens is 256 g/mol. The number of nitrogens with two attached hydrogens (primary N) is 1. The van der Waals surface area contributed by atoms with Crippen LogP contribution in [0.25, 0.3) is 0 Å². The zero-order chi connectivity index (χ0) is 14.5. The average Bonchev–Trinajstić information content (AvgIpc) is 2.91. The highest BCUT2D eigenvalue weighted by molar-refractivity contribution is 5.78. The molecule has 1 heterocycles. The third-order valence-electron chi connectivity index (χ3n) is 2.91. The number of hydrogen-bond acceptors (Lipinski definition) is 4. The van der Waals surface area contributed by atoms with Crippen molar-refractivity contribution in [2.45, 2.75) is 19.9 Å². The predicted octanol–water partition coefficient (Wildman–Crippen LogP) is 2.43. The highest BCUT2D eigenvalue weighted by Gasteiger charge is 2.12. The molecule has 0 aliphatic heterocycles. The lowest BCUT2D eigenvalue weighted by Crippen LogP contribution is -2.31. The minimum Gasteiger partial charge on any atom is -0.484 e. The van der Waals surface area contributed by atoms with Gasteiger partial charge < -0.3 is 20.2 Å². The first kappa shape index (κ1) is 14.0. The second-order valence-electron chi connectivity index (χ2n) is 4.62. The van der Waals surface area contributed by atoms with Crippen molar-refractivity contribution >= 4 is 11.6 Å². The average molecular weight is 274 g/mol. The van der Waals surface area contributed by atoms with E-state index < -0.39 is 0 Å². The molecule has 2 rings (SSSR count). The van der Waals surface area contributed by atoms with E-state index in [0.29, 0.717) is 17.2 Å². The summed E-state index contributed by atoms with van der Waals surface area (Å²) in [6, 6.07) is 8.72. The van der Waals surface area contributed by atoms with E-state index >= 15 is 0 Å². The van der Waals surface area contributed by atoms with E-state index in [4.69, 9.17) is 14.9 Å². The molecule has 5 nitrogen and oxygen atoms in total. The summed E-state index contributed by atoms with van der Waals surface area (Å²) < 4.78 is 10.7. The number of benzene rings is 1. The third-order valence-corrected chi connectivity index (χ3v) is 2.91. The molecule has 1 atom stereocenters. The first-order valence-electron chi connectivity index (χ1n) is 6.38. The van der Waals surface area contributed by atoms with Crippen LogP contribution in [0.2, 0.25) is 0 Å². The fraction of sp³-hybridized carbons (Fsp3) is 0.267. The Labute approximate surface area is 117 Å². The van der Waals surface area contributed by atoms with Crippen molar-refractivity contribution < 1.29 is 13.9 Å². The largest absolute Gasteiger partial charge is 0.484 e. The van der Waals surface area contributed by atoms with Crippen LogP contribution in [0.3, 0.4) is 0 Å². The molecule has 3 N–H and O–H groups in total. The molecule has 0 radical (unpaired) electrons. The lowest BCUT2D eigenvalue weighted by Gasteiger charge is -2.13. The van der Waals surface area contributed by atoms with Crippen molar-refractivity contribution in [1.29, 1.82) is 0 Å². The number of nitrogen functional groups attached to an aromatic ring is 1. The molecule has 20 heavy (non-hydrogen) atoms. The van der Waals surface area contributed by atoms with Gasteiger partial charge in [-0.2, -0.15) is 0 Å². The molecular formula is C15H18N2O3. The first-order valence-corrected chi connectivity index (χ1v) is 6.38. The molecule has 0 saturated heterocycles. The molecule has 0 fully saturated rings. The maximum Gasteiger partial charge on any atom is 0.258 e. The van der Waals surface area contributed by atoms with Gasteiger partial charge in [0.2, 0.25) is 0 Å². The Hall–Kier alpha value is -2.43. The number of anilines is 1. The van der Waals surface area contributed by atoms with Crippen LogP contribution < -0.4 is 15.8 Å². The number of nitrogens with one attached hydrogen (secondary N) is 1. The van der Waals surface area contributed by atoms with Crippen molar-refractivity contribution in [3.05, 3.63) is 47.9 Å². The molecule has 5 heteroatoms. The highest BCUT2D eigenvalue weighted by atomic mass is 16.5. The summed E-state index contributed by atoms with van der Waals surface area (Å²) >= 11 is 0. The number of aryl methyl sites for hydroxylation is 1. The minimum absolute atomic E-state index is 0.0458. The summed E-state index contributed by atoms with van der Waals surface area (Å²) in [5.41, 5.74) is 7.23. The van der Waals surface area contributed by atoms with Crippen LogP contribution in [0.4, 0.5) is 5.69 Å². The van der Waals surface area contributed by atoms with Crippen molar-refractivity contribution in [1.82, 2.24) is 5.32 Å². The van der Waals surface area contributed by atoms with E-state index in [0.717, 1.165) is 5.56 Å². The quantitative estimate of drug-likeness (QED) is 0.821. The van der Waals surface area contributed by atoms with Crippen LogP contribution in [0.5, 0.6) is 5.75 Å². The van der Waals surface area contributed by atoms with Gasteiger partial charge in [0, 0.05) is 5.69 Å². The van der Waals surface area contributed by atoms with Gasteiger partial charge in [-0.15, -0.1) is 0 Å². The fourth-order valence-corrected chi connectivity index (χ4v) is 1.87. The molecule has 0 spiro atoms. The maximum absolute atomic E-state index is 11.8. The predicted molar refractivity (Wildman–Crippen MR) is 76.4 cm³/mol. The monoisotopic (exact) mass is 274 g/mol. The fourth-order valence-electron chi connectivity index (χ4n) is 1.87. The van der Waals surface area contributed by atoms with E-state index in [1.54, 1.807) is 30.5 Å². The van der Waals surface area contributed by atoms with Gasteiger partial charge in [0.15, 0.2) is 6.61 Å². The molecule has 106 valence electrons. The molecule has 1 amide bonds. The summed E-state index contributed by atoms with van der Waals surface area (Å²) in [4.78, 5) is 11.8. The van der Waals surface area contributed by atoms with Crippen molar-refractivity contribution in [3.8, 4) is 5.75 Å². The summed E-state index contributed by atoms with van der Waals surface area (Å²) in [6.07, 6.45) is 1.58. The van der Waals surface area contributed by atoms with Gasteiger partial charge in [0.05, 0.1) is 12.3 Å². The van der Waals surface area contributed by atoms with Gasteiger partial charge >= 0.3 is 0 Å². The van der Waals surface area contributed by atoms with Crippen molar-refractivity contribution in [2.75, 3.05) is 12.3 Å². The number of carbonyl (C=O) groups excluding carboxylic acids is 1. The number of furan rings is 1. The van der Waals surface area contributed by atoms with Crippen LogP contribution >= 0.6 is 0 Å². The molecule has 0 aliphatic rings. The Balaban J connectivity index is 1.86. The van der Waals surface area contributed by atoms with Crippen LogP contribution in [-0.4, -0.2) is 12.5 Å². The number of rotatable bonds is 5. The topological polar surface area (TPSA) is 77.5 Å². The van der Waals surface area contributed by atoms with Crippen LogP contribution in [-0.2, 0) is 4.79 Å². The summed E-state index contributed by atoms with van der Waals surface area (Å²) in [7, 11) is 0. The second kappa shape index (κ2) is 6.14. The van der Waals surface area contributed by atoms with E-state index in [1.165, 1.54) is 0 Å². The molecule has 1 aromatic heterocycles. The third kappa shape index (κ3) is 3.54. The standard InChI is InChI=1S/C15H18N2O3/c1-10-8-12(16)5-6-13(10)20-9-15(18)17-11(2)14-4-3-7-19-14/h3-8,11H,9,16H2,1-2H3,(H,17,18). The van der Waals surface area contributed by atoms with E-state index in [9.17, 15) is 4.79 Å². The van der Waals surface area contributed by atoms with Crippen LogP contribution in [0.1, 0.15) is 24.3 Å². The minimum atomic E-state index is -0.204. The molecule has 1 aromatic carbocycles. The van der Waals surface area contributed by atoms with Crippen LogP contribution in [0.15, 0.2) is 41.0 Å². The Bertz CT molecular complexity index is 579. The number of carbonyl (C=O) groups is 1. The molecule has 2 aromatic rings. The lowest BCUT2D eigenvalue weighted by molar-refractivity contribution is -0.123. The van der Waals surface area contributed by atoms with Gasteiger partial charge in [-0.3, -0.25) is 4.79 Å². The number of hydrogen-bond donors (Lipinski definition) is 2. The molecule has 0 bridgehead atoms. The summed E-state index contributed by atoms with van der Waals surface area (Å²) in [5, 5.41) is 2.80. The van der Waals surface area contributed by atoms with Gasteiger partial charge in [0.25, 0.3) is 5.91 Å². The van der Waals surface area contributed by atoms with Gasteiger partial charge in [0.1, 0.15) is 11.5 Å². The highest BCUT2D eigenvalue weighted by Crippen LogP contribution is 2.20. The number of ether oxygens (including phenoxy) is 1. The molecule has 0 saturated carbocycles.